The van der Waals surface area contributed by atoms with E-state index in [9.17, 15) is 0 Å². The molecular weight excluding hydrogens is 268 g/mol. The van der Waals surface area contributed by atoms with Gasteiger partial charge in [-0.2, -0.15) is 0 Å². The molecule has 2 atom stereocenters. The van der Waals surface area contributed by atoms with Gasteiger partial charge in [-0.05, 0) is 43.7 Å². The van der Waals surface area contributed by atoms with Crippen LogP contribution in [0.5, 0.6) is 0 Å². The number of halogens is 1. The number of rotatable bonds is 3. The van der Waals surface area contributed by atoms with Crippen molar-refractivity contribution in [3.8, 4) is 0 Å². The number of hydrogen-bond acceptors (Lipinski definition) is 2. The monoisotopic (exact) mass is 292 g/mol. The smallest absolute Gasteiger partial charge is 0.0639 e. The molecule has 1 saturated carbocycles. The zero-order chi connectivity index (χ0) is 14.3. The molecule has 1 aromatic carbocycles. The summed E-state index contributed by atoms with van der Waals surface area (Å²) in [5.74, 6) is 1.45. The minimum atomic E-state index is 0.241. The number of benzene rings is 1. The van der Waals surface area contributed by atoms with Crippen LogP contribution in [0.3, 0.4) is 0 Å². The van der Waals surface area contributed by atoms with Crippen LogP contribution in [-0.2, 0) is 0 Å². The van der Waals surface area contributed by atoms with Crippen LogP contribution in [0.1, 0.15) is 33.6 Å². The Hall–Kier alpha value is -0.730. The lowest BCUT2D eigenvalue weighted by atomic mass is 9.87. The van der Waals surface area contributed by atoms with Crippen LogP contribution < -0.4 is 10.2 Å². The predicted molar refractivity (Wildman–Crippen MR) is 86.6 cm³/mol. The molecule has 2 aliphatic rings. The van der Waals surface area contributed by atoms with Crippen LogP contribution in [0.2, 0.25) is 5.02 Å². The third kappa shape index (κ3) is 2.56. The van der Waals surface area contributed by atoms with Gasteiger partial charge in [0.25, 0.3) is 0 Å². The molecule has 2 unspecified atom stereocenters. The van der Waals surface area contributed by atoms with Crippen LogP contribution in [0.4, 0.5) is 5.69 Å². The first-order valence-electron chi connectivity index (χ1n) is 7.77. The molecule has 0 spiro atoms. The summed E-state index contributed by atoms with van der Waals surface area (Å²) in [6.07, 6.45) is 2.73. The maximum absolute atomic E-state index is 6.45. The van der Waals surface area contributed by atoms with Crippen molar-refractivity contribution in [2.24, 2.45) is 11.8 Å². The average molecular weight is 293 g/mol. The summed E-state index contributed by atoms with van der Waals surface area (Å²) in [7, 11) is 0. The second-order valence-electron chi connectivity index (χ2n) is 6.96. The van der Waals surface area contributed by atoms with Crippen molar-refractivity contribution in [2.45, 2.75) is 45.2 Å². The molecule has 3 rings (SSSR count). The van der Waals surface area contributed by atoms with Crippen LogP contribution in [0, 0.1) is 11.8 Å². The molecule has 1 aliphatic heterocycles. The molecule has 1 aromatic rings. The van der Waals surface area contributed by atoms with Gasteiger partial charge >= 0.3 is 0 Å². The quantitative estimate of drug-likeness (QED) is 0.908. The van der Waals surface area contributed by atoms with E-state index in [4.69, 9.17) is 11.6 Å². The van der Waals surface area contributed by atoms with Gasteiger partial charge in [0.1, 0.15) is 0 Å². The Labute approximate surface area is 127 Å². The topological polar surface area (TPSA) is 15.3 Å². The third-order valence-corrected chi connectivity index (χ3v) is 5.34. The van der Waals surface area contributed by atoms with Crippen LogP contribution in [0.25, 0.3) is 0 Å². The number of anilines is 1. The van der Waals surface area contributed by atoms with Crippen molar-refractivity contribution in [2.75, 3.05) is 18.0 Å². The van der Waals surface area contributed by atoms with Gasteiger partial charge in [0, 0.05) is 24.7 Å². The average Bonchev–Trinajstić information content (AvgIpc) is 3.23. The molecule has 1 saturated heterocycles. The van der Waals surface area contributed by atoms with E-state index in [0.717, 1.165) is 24.0 Å². The van der Waals surface area contributed by atoms with Crippen molar-refractivity contribution < 1.29 is 0 Å². The van der Waals surface area contributed by atoms with E-state index in [1.165, 1.54) is 18.5 Å². The lowest BCUT2D eigenvalue weighted by Crippen LogP contribution is -2.65. The van der Waals surface area contributed by atoms with Gasteiger partial charge < -0.3 is 10.2 Å². The second-order valence-corrected chi connectivity index (χ2v) is 7.37. The molecule has 0 aromatic heterocycles. The minimum Gasteiger partial charge on any atom is -0.364 e. The molecule has 1 aliphatic carbocycles. The Morgan fingerprint density at radius 2 is 2.00 bits per heavy atom. The summed E-state index contributed by atoms with van der Waals surface area (Å²) in [5, 5.41) is 4.70. The summed E-state index contributed by atoms with van der Waals surface area (Å²) >= 11 is 6.45. The van der Waals surface area contributed by atoms with Crippen molar-refractivity contribution in [1.82, 2.24) is 5.32 Å². The minimum absolute atomic E-state index is 0.241. The third-order valence-electron chi connectivity index (χ3n) is 5.02. The fourth-order valence-electron chi connectivity index (χ4n) is 3.51. The molecular formula is C17H25ClN2. The fourth-order valence-corrected chi connectivity index (χ4v) is 3.76. The molecule has 1 heterocycles. The van der Waals surface area contributed by atoms with Crippen molar-refractivity contribution >= 4 is 17.3 Å². The standard InChI is InChI=1S/C17H25ClN2/c1-12(2)16-10-19-17(3,13-8-9-13)11-20(16)15-7-5-4-6-14(15)18/h4-7,12-13,16,19H,8-11H2,1-3H3. The van der Waals surface area contributed by atoms with E-state index in [2.05, 4.69) is 43.1 Å². The lowest BCUT2D eigenvalue weighted by Gasteiger charge is -2.49. The highest BCUT2D eigenvalue weighted by Gasteiger charge is 2.46. The van der Waals surface area contributed by atoms with E-state index in [-0.39, 0.29) is 5.54 Å². The zero-order valence-electron chi connectivity index (χ0n) is 12.7. The lowest BCUT2D eigenvalue weighted by molar-refractivity contribution is 0.233. The molecule has 3 heteroatoms. The highest BCUT2D eigenvalue weighted by Crippen LogP contribution is 2.43. The van der Waals surface area contributed by atoms with Gasteiger partial charge in [0.2, 0.25) is 0 Å². The van der Waals surface area contributed by atoms with Gasteiger partial charge in [0.05, 0.1) is 10.7 Å². The molecule has 2 nitrogen and oxygen atoms in total. The van der Waals surface area contributed by atoms with Gasteiger partial charge in [0.15, 0.2) is 0 Å². The van der Waals surface area contributed by atoms with E-state index in [0.29, 0.717) is 12.0 Å². The normalized spacial score (nSPS) is 30.9. The highest BCUT2D eigenvalue weighted by atomic mass is 35.5. The molecule has 2 fully saturated rings. The fraction of sp³-hybridized carbons (Fsp3) is 0.647. The largest absolute Gasteiger partial charge is 0.364 e. The predicted octanol–water partition coefficient (Wildman–Crippen LogP) is 3.94. The molecule has 0 bridgehead atoms. The highest BCUT2D eigenvalue weighted by molar-refractivity contribution is 6.33. The number of piperazine rings is 1. The first kappa shape index (κ1) is 14.2. The van der Waals surface area contributed by atoms with Gasteiger partial charge in [-0.1, -0.05) is 37.6 Å². The summed E-state index contributed by atoms with van der Waals surface area (Å²) in [6, 6.07) is 8.79. The zero-order valence-corrected chi connectivity index (χ0v) is 13.5. The maximum Gasteiger partial charge on any atom is 0.0639 e. The van der Waals surface area contributed by atoms with Crippen molar-refractivity contribution in [3.05, 3.63) is 29.3 Å². The Morgan fingerprint density at radius 3 is 2.60 bits per heavy atom. The molecule has 0 amide bonds. The van der Waals surface area contributed by atoms with Crippen LogP contribution >= 0.6 is 11.6 Å². The first-order valence-corrected chi connectivity index (χ1v) is 8.15. The van der Waals surface area contributed by atoms with E-state index < -0.39 is 0 Å². The number of hydrogen-bond donors (Lipinski definition) is 1. The Bertz CT molecular complexity index is 484. The maximum atomic E-state index is 6.45. The van der Waals surface area contributed by atoms with Crippen molar-refractivity contribution in [3.63, 3.8) is 0 Å². The summed E-state index contributed by atoms with van der Waals surface area (Å²) in [6.45, 7) is 9.09. The molecule has 1 N–H and O–H groups in total. The SMILES string of the molecule is CC(C)C1CNC(C)(C2CC2)CN1c1ccccc1Cl. The second kappa shape index (κ2) is 5.23. The molecule has 20 heavy (non-hydrogen) atoms. The number of nitrogens with one attached hydrogen (secondary N) is 1. The molecule has 110 valence electrons. The number of para-hydroxylation sites is 1. The first-order chi connectivity index (χ1) is 9.51. The van der Waals surface area contributed by atoms with E-state index in [1.807, 2.05) is 12.1 Å². The summed E-state index contributed by atoms with van der Waals surface area (Å²) in [4.78, 5) is 2.54. The van der Waals surface area contributed by atoms with Crippen LogP contribution in [-0.4, -0.2) is 24.7 Å². The Kier molecular flexibility index (Phi) is 3.72. The van der Waals surface area contributed by atoms with Crippen molar-refractivity contribution in [1.29, 1.82) is 0 Å². The van der Waals surface area contributed by atoms with Crippen LogP contribution in [0.15, 0.2) is 24.3 Å². The summed E-state index contributed by atoms with van der Waals surface area (Å²) in [5.41, 5.74) is 1.44. The molecule has 0 radical (unpaired) electrons. The number of nitrogens with zero attached hydrogens (tertiary/aromatic N) is 1. The van der Waals surface area contributed by atoms with Gasteiger partial charge in [-0.15, -0.1) is 0 Å². The summed E-state index contributed by atoms with van der Waals surface area (Å²) < 4.78 is 0. The Balaban J connectivity index is 1.91. The Morgan fingerprint density at radius 1 is 1.30 bits per heavy atom. The van der Waals surface area contributed by atoms with E-state index >= 15 is 0 Å². The van der Waals surface area contributed by atoms with E-state index in [1.54, 1.807) is 0 Å². The van der Waals surface area contributed by atoms with Gasteiger partial charge in [-0.25, -0.2) is 0 Å². The van der Waals surface area contributed by atoms with Gasteiger partial charge in [-0.3, -0.25) is 0 Å².